The topological polar surface area (TPSA) is 139 Å². The number of halogens is 1. The average molecular weight is 558 g/mol. The van der Waals surface area contributed by atoms with Crippen LogP contribution in [0.4, 0.5) is 5.69 Å². The van der Waals surface area contributed by atoms with Crippen LogP contribution in [0.15, 0.2) is 70.2 Å². The molecule has 11 nitrogen and oxygen atoms in total. The maximum absolute atomic E-state index is 12.5. The SMILES string of the molecule is COc1cccc(C(=O)Oc2ccc(C=NNC(=O)COc3ccc([N+](=O)[O-])cc3Br)cc2OC)c1. The van der Waals surface area contributed by atoms with E-state index in [0.717, 1.165) is 0 Å². The zero-order chi connectivity index (χ0) is 26.1. The zero-order valence-corrected chi connectivity index (χ0v) is 20.7. The van der Waals surface area contributed by atoms with Gasteiger partial charge in [-0.05, 0) is 64.0 Å². The number of nitrogens with zero attached hydrogens (tertiary/aromatic N) is 2. The lowest BCUT2D eigenvalue weighted by Gasteiger charge is -2.10. The Morgan fingerprint density at radius 3 is 2.50 bits per heavy atom. The molecule has 0 aliphatic rings. The Bertz CT molecular complexity index is 1310. The third kappa shape index (κ3) is 7.03. The number of nitro benzene ring substituents is 1. The van der Waals surface area contributed by atoms with Crippen LogP contribution in [0.1, 0.15) is 15.9 Å². The number of methoxy groups -OCH3 is 2. The van der Waals surface area contributed by atoms with Crippen molar-refractivity contribution in [3.8, 4) is 23.0 Å². The first kappa shape index (κ1) is 26.2. The molecule has 0 aliphatic heterocycles. The van der Waals surface area contributed by atoms with Gasteiger partial charge in [0.15, 0.2) is 18.1 Å². The number of ether oxygens (including phenoxy) is 4. The Labute approximate surface area is 213 Å². The van der Waals surface area contributed by atoms with E-state index in [-0.39, 0.29) is 29.5 Å². The third-order valence-electron chi connectivity index (χ3n) is 4.58. The largest absolute Gasteiger partial charge is 0.497 e. The van der Waals surface area contributed by atoms with Gasteiger partial charge in [-0.25, -0.2) is 10.2 Å². The van der Waals surface area contributed by atoms with Gasteiger partial charge in [0.05, 0.1) is 35.4 Å². The highest BCUT2D eigenvalue weighted by molar-refractivity contribution is 9.10. The van der Waals surface area contributed by atoms with Crippen molar-refractivity contribution in [1.82, 2.24) is 5.43 Å². The van der Waals surface area contributed by atoms with Gasteiger partial charge in [0.1, 0.15) is 11.5 Å². The standard InChI is InChI=1S/C24H20BrN3O8/c1-33-18-5-3-4-16(11-18)24(30)36-21-8-6-15(10-22(21)34-2)13-26-27-23(29)14-35-20-9-7-17(28(31)32)12-19(20)25/h3-13H,14H2,1-2H3,(H,27,29). The normalized spacial score (nSPS) is 10.5. The summed E-state index contributed by atoms with van der Waals surface area (Å²) in [5, 5.41) is 14.6. The molecule has 0 saturated carbocycles. The highest BCUT2D eigenvalue weighted by Crippen LogP contribution is 2.30. The molecular weight excluding hydrogens is 538 g/mol. The van der Waals surface area contributed by atoms with Gasteiger partial charge < -0.3 is 18.9 Å². The fraction of sp³-hybridized carbons (Fsp3) is 0.125. The van der Waals surface area contributed by atoms with Crippen molar-refractivity contribution in [2.24, 2.45) is 5.10 Å². The zero-order valence-electron chi connectivity index (χ0n) is 19.1. The van der Waals surface area contributed by atoms with Crippen LogP contribution in [-0.4, -0.2) is 43.8 Å². The summed E-state index contributed by atoms with van der Waals surface area (Å²) in [4.78, 5) is 34.7. The van der Waals surface area contributed by atoms with Crippen molar-refractivity contribution < 1.29 is 33.5 Å². The number of benzene rings is 3. The number of non-ortho nitro benzene ring substituents is 1. The smallest absolute Gasteiger partial charge is 0.343 e. The fourth-order valence-electron chi connectivity index (χ4n) is 2.83. The number of carbonyl (C=O) groups excluding carboxylic acids is 2. The van der Waals surface area contributed by atoms with Gasteiger partial charge >= 0.3 is 5.97 Å². The van der Waals surface area contributed by atoms with Gasteiger partial charge in [-0.1, -0.05) is 6.07 Å². The molecule has 0 heterocycles. The molecule has 0 aliphatic carbocycles. The van der Waals surface area contributed by atoms with Crippen LogP contribution in [0.2, 0.25) is 0 Å². The molecule has 12 heteroatoms. The third-order valence-corrected chi connectivity index (χ3v) is 5.20. The van der Waals surface area contributed by atoms with Crippen LogP contribution in [0.5, 0.6) is 23.0 Å². The van der Waals surface area contributed by atoms with E-state index in [1.165, 1.54) is 44.7 Å². The van der Waals surface area contributed by atoms with Crippen LogP contribution in [0.25, 0.3) is 0 Å². The summed E-state index contributed by atoms with van der Waals surface area (Å²) in [5.74, 6) is 0.147. The van der Waals surface area contributed by atoms with Gasteiger partial charge in [-0.3, -0.25) is 14.9 Å². The molecule has 0 aromatic heterocycles. The maximum Gasteiger partial charge on any atom is 0.343 e. The second-order valence-electron chi connectivity index (χ2n) is 6.99. The minimum atomic E-state index is -0.583. The molecule has 0 radical (unpaired) electrons. The van der Waals surface area contributed by atoms with Crippen molar-refractivity contribution in [2.75, 3.05) is 20.8 Å². The predicted octanol–water partition coefficient (Wildman–Crippen LogP) is 4.12. The lowest BCUT2D eigenvalue weighted by atomic mass is 10.2. The lowest BCUT2D eigenvalue weighted by Crippen LogP contribution is -2.24. The first-order chi connectivity index (χ1) is 17.3. The monoisotopic (exact) mass is 557 g/mol. The van der Waals surface area contributed by atoms with E-state index in [9.17, 15) is 19.7 Å². The Hall–Kier alpha value is -4.45. The highest BCUT2D eigenvalue weighted by atomic mass is 79.9. The number of nitrogens with one attached hydrogen (secondary N) is 1. The molecule has 3 aromatic carbocycles. The van der Waals surface area contributed by atoms with E-state index < -0.39 is 16.8 Å². The molecule has 0 saturated heterocycles. The minimum absolute atomic E-state index is 0.111. The molecule has 0 atom stereocenters. The van der Waals surface area contributed by atoms with Crippen molar-refractivity contribution in [3.63, 3.8) is 0 Å². The number of rotatable bonds is 10. The van der Waals surface area contributed by atoms with Crippen LogP contribution < -0.4 is 24.4 Å². The van der Waals surface area contributed by atoms with E-state index in [2.05, 4.69) is 26.5 Å². The molecule has 0 fully saturated rings. The van der Waals surface area contributed by atoms with E-state index in [0.29, 0.717) is 21.3 Å². The summed E-state index contributed by atoms with van der Waals surface area (Å²) in [5.41, 5.74) is 3.07. The van der Waals surface area contributed by atoms with Crippen molar-refractivity contribution >= 4 is 39.7 Å². The summed E-state index contributed by atoms with van der Waals surface area (Å²) in [6, 6.07) is 15.2. The number of amides is 1. The number of esters is 1. The molecule has 0 unspecified atom stereocenters. The number of nitro groups is 1. The van der Waals surface area contributed by atoms with Crippen LogP contribution in [-0.2, 0) is 4.79 Å². The number of hydrogen-bond acceptors (Lipinski definition) is 9. The van der Waals surface area contributed by atoms with E-state index >= 15 is 0 Å². The summed E-state index contributed by atoms with van der Waals surface area (Å²) in [6.45, 7) is -0.365. The number of carbonyl (C=O) groups is 2. The van der Waals surface area contributed by atoms with Gasteiger partial charge in [0.2, 0.25) is 0 Å². The highest BCUT2D eigenvalue weighted by Gasteiger charge is 2.14. The Kier molecular flexibility index (Phi) is 8.95. The lowest BCUT2D eigenvalue weighted by molar-refractivity contribution is -0.385. The van der Waals surface area contributed by atoms with Crippen LogP contribution >= 0.6 is 15.9 Å². The molecular formula is C24H20BrN3O8. The molecule has 3 aromatic rings. The molecule has 186 valence electrons. The first-order valence-electron chi connectivity index (χ1n) is 10.2. The Balaban J connectivity index is 1.57. The van der Waals surface area contributed by atoms with E-state index in [1.54, 1.807) is 36.4 Å². The van der Waals surface area contributed by atoms with Gasteiger partial charge in [0.25, 0.3) is 11.6 Å². The van der Waals surface area contributed by atoms with Gasteiger partial charge in [0, 0.05) is 12.1 Å². The van der Waals surface area contributed by atoms with E-state index in [4.69, 9.17) is 18.9 Å². The Morgan fingerprint density at radius 2 is 1.81 bits per heavy atom. The minimum Gasteiger partial charge on any atom is -0.497 e. The van der Waals surface area contributed by atoms with Crippen molar-refractivity contribution in [3.05, 3.63) is 86.4 Å². The summed E-state index contributed by atoms with van der Waals surface area (Å²) in [6.07, 6.45) is 1.37. The molecule has 3 rings (SSSR count). The quantitative estimate of drug-likeness (QED) is 0.129. The molecule has 1 N–H and O–H groups in total. The van der Waals surface area contributed by atoms with Gasteiger partial charge in [-0.2, -0.15) is 5.10 Å². The summed E-state index contributed by atoms with van der Waals surface area (Å²) < 4.78 is 21.5. The fourth-order valence-corrected chi connectivity index (χ4v) is 3.31. The molecule has 0 bridgehead atoms. The van der Waals surface area contributed by atoms with E-state index in [1.807, 2.05) is 0 Å². The maximum atomic E-state index is 12.5. The molecule has 0 spiro atoms. The summed E-state index contributed by atoms with van der Waals surface area (Å²) in [7, 11) is 2.93. The Morgan fingerprint density at radius 1 is 1.03 bits per heavy atom. The summed E-state index contributed by atoms with van der Waals surface area (Å²) >= 11 is 3.16. The second kappa shape index (κ2) is 12.3. The predicted molar refractivity (Wildman–Crippen MR) is 133 cm³/mol. The van der Waals surface area contributed by atoms with Crippen LogP contribution in [0, 0.1) is 10.1 Å². The number of hydrogen-bond donors (Lipinski definition) is 1. The molecule has 36 heavy (non-hydrogen) atoms. The van der Waals surface area contributed by atoms with Crippen molar-refractivity contribution in [1.29, 1.82) is 0 Å². The van der Waals surface area contributed by atoms with Crippen LogP contribution in [0.3, 0.4) is 0 Å². The second-order valence-corrected chi connectivity index (χ2v) is 7.84. The average Bonchev–Trinajstić information content (AvgIpc) is 2.88. The van der Waals surface area contributed by atoms with Gasteiger partial charge in [-0.15, -0.1) is 0 Å². The molecule has 1 amide bonds. The van der Waals surface area contributed by atoms with Crippen molar-refractivity contribution in [2.45, 2.75) is 0 Å². The number of hydrazone groups is 1. The first-order valence-corrected chi connectivity index (χ1v) is 11.0.